The lowest BCUT2D eigenvalue weighted by Crippen LogP contribution is -2.30. The van der Waals surface area contributed by atoms with Crippen LogP contribution in [0.2, 0.25) is 0 Å². The van der Waals surface area contributed by atoms with Gasteiger partial charge in [-0.1, -0.05) is 29.8 Å². The number of nitrogens with zero attached hydrogens (tertiary/aromatic N) is 2. The van der Waals surface area contributed by atoms with Crippen LogP contribution < -0.4 is 11.3 Å². The molecule has 0 radical (unpaired) electrons. The molecule has 2 rings (SSSR count). The first-order valence-electron chi connectivity index (χ1n) is 5.65. The molecule has 3 N–H and O–H groups in total. The van der Waals surface area contributed by atoms with Crippen molar-refractivity contribution >= 4 is 0 Å². The molecule has 1 aromatic heterocycles. The number of hydrogen-bond acceptors (Lipinski definition) is 3. The van der Waals surface area contributed by atoms with E-state index < -0.39 is 0 Å². The lowest BCUT2D eigenvalue weighted by atomic mass is 10.0. The Balaban J connectivity index is 2.43. The van der Waals surface area contributed by atoms with Crippen LogP contribution in [-0.4, -0.2) is 9.78 Å². The number of rotatable bonds is 3. The summed E-state index contributed by atoms with van der Waals surface area (Å²) in [5.41, 5.74) is 7.29. The second-order valence-electron chi connectivity index (χ2n) is 4.35. The summed E-state index contributed by atoms with van der Waals surface area (Å²) in [6.45, 7) is 4.05. The van der Waals surface area contributed by atoms with E-state index in [-0.39, 0.29) is 6.04 Å². The summed E-state index contributed by atoms with van der Waals surface area (Å²) in [5, 5.41) is 4.35. The number of nitrogens with one attached hydrogen (secondary N) is 1. The molecule has 0 amide bonds. The second kappa shape index (κ2) is 4.69. The van der Waals surface area contributed by atoms with Gasteiger partial charge in [-0.05, 0) is 25.5 Å². The van der Waals surface area contributed by atoms with E-state index in [0.29, 0.717) is 0 Å². The molecular weight excluding hydrogens is 212 g/mol. The topological polar surface area (TPSA) is 55.9 Å². The van der Waals surface area contributed by atoms with E-state index in [2.05, 4.69) is 35.6 Å². The largest absolute Gasteiger partial charge is 0.271 e. The van der Waals surface area contributed by atoms with Gasteiger partial charge in [0.15, 0.2) is 0 Å². The molecule has 1 atom stereocenters. The van der Waals surface area contributed by atoms with Gasteiger partial charge in [-0.25, -0.2) is 5.43 Å². The van der Waals surface area contributed by atoms with Gasteiger partial charge in [-0.15, -0.1) is 0 Å². The zero-order valence-electron chi connectivity index (χ0n) is 10.4. The van der Waals surface area contributed by atoms with Crippen molar-refractivity contribution in [3.8, 4) is 0 Å². The monoisotopic (exact) mass is 230 g/mol. The van der Waals surface area contributed by atoms with E-state index in [4.69, 9.17) is 5.84 Å². The van der Waals surface area contributed by atoms with Crippen molar-refractivity contribution in [3.05, 3.63) is 52.8 Å². The molecule has 2 aromatic rings. The molecule has 0 aliphatic carbocycles. The van der Waals surface area contributed by atoms with Gasteiger partial charge >= 0.3 is 0 Å². The molecule has 0 aliphatic heterocycles. The molecule has 17 heavy (non-hydrogen) atoms. The van der Waals surface area contributed by atoms with Crippen molar-refractivity contribution in [1.29, 1.82) is 0 Å². The van der Waals surface area contributed by atoms with Crippen LogP contribution in [0.3, 0.4) is 0 Å². The van der Waals surface area contributed by atoms with Crippen LogP contribution in [0.5, 0.6) is 0 Å². The van der Waals surface area contributed by atoms with Crippen molar-refractivity contribution in [3.63, 3.8) is 0 Å². The molecule has 4 heteroatoms. The molecule has 0 fully saturated rings. The van der Waals surface area contributed by atoms with Gasteiger partial charge < -0.3 is 0 Å². The van der Waals surface area contributed by atoms with E-state index in [0.717, 1.165) is 17.0 Å². The fourth-order valence-corrected chi connectivity index (χ4v) is 2.10. The van der Waals surface area contributed by atoms with Crippen LogP contribution in [0.4, 0.5) is 0 Å². The van der Waals surface area contributed by atoms with Crippen molar-refractivity contribution in [1.82, 2.24) is 15.2 Å². The summed E-state index contributed by atoms with van der Waals surface area (Å²) < 4.78 is 1.86. The maximum Gasteiger partial charge on any atom is 0.0878 e. The Kier molecular flexibility index (Phi) is 3.26. The Hall–Kier alpha value is -1.65. The van der Waals surface area contributed by atoms with Crippen LogP contribution in [0, 0.1) is 13.8 Å². The van der Waals surface area contributed by atoms with Gasteiger partial charge in [0.2, 0.25) is 0 Å². The number of nitrogens with two attached hydrogens (primary N) is 1. The Bertz CT molecular complexity index is 516. The zero-order valence-corrected chi connectivity index (χ0v) is 10.4. The Morgan fingerprint density at radius 2 is 2.06 bits per heavy atom. The lowest BCUT2D eigenvalue weighted by molar-refractivity contribution is 0.574. The summed E-state index contributed by atoms with van der Waals surface area (Å²) in [7, 11) is 1.93. The summed E-state index contributed by atoms with van der Waals surface area (Å²) in [6, 6.07) is 10.3. The Labute approximate surface area is 101 Å². The first-order chi connectivity index (χ1) is 8.11. The molecule has 0 aliphatic rings. The third-order valence-corrected chi connectivity index (χ3v) is 2.88. The summed E-state index contributed by atoms with van der Waals surface area (Å²) in [4.78, 5) is 0. The normalized spacial score (nSPS) is 12.7. The average molecular weight is 230 g/mol. The summed E-state index contributed by atoms with van der Waals surface area (Å²) in [6.07, 6.45) is 0. The number of aryl methyl sites for hydroxylation is 3. The highest BCUT2D eigenvalue weighted by molar-refractivity contribution is 5.31. The maximum absolute atomic E-state index is 5.67. The number of benzene rings is 1. The van der Waals surface area contributed by atoms with Crippen molar-refractivity contribution in [2.75, 3.05) is 0 Å². The molecule has 0 bridgehead atoms. The van der Waals surface area contributed by atoms with Gasteiger partial charge in [0, 0.05) is 7.05 Å². The van der Waals surface area contributed by atoms with Crippen LogP contribution in [-0.2, 0) is 7.05 Å². The smallest absolute Gasteiger partial charge is 0.0878 e. The number of aromatic nitrogens is 2. The number of hydrazine groups is 1. The third kappa shape index (κ3) is 2.38. The molecule has 0 saturated carbocycles. The zero-order chi connectivity index (χ0) is 12.4. The fourth-order valence-electron chi connectivity index (χ4n) is 2.10. The van der Waals surface area contributed by atoms with E-state index in [9.17, 15) is 0 Å². The second-order valence-corrected chi connectivity index (χ2v) is 4.35. The van der Waals surface area contributed by atoms with E-state index >= 15 is 0 Å². The van der Waals surface area contributed by atoms with Gasteiger partial charge in [-0.3, -0.25) is 10.5 Å². The fraction of sp³-hybridized carbons (Fsp3) is 0.308. The minimum absolute atomic E-state index is 0.0268. The first kappa shape index (κ1) is 11.8. The molecule has 0 saturated heterocycles. The molecule has 90 valence electrons. The molecule has 0 spiro atoms. The third-order valence-electron chi connectivity index (χ3n) is 2.88. The Morgan fingerprint density at radius 1 is 1.29 bits per heavy atom. The average Bonchev–Trinajstić information content (AvgIpc) is 2.59. The van der Waals surface area contributed by atoms with Crippen molar-refractivity contribution in [2.45, 2.75) is 19.9 Å². The standard InChI is InChI=1S/C13H18N4/c1-9-5-4-6-11(7-9)13(15-14)12-8-10(2)16-17(12)3/h4-8,13,15H,14H2,1-3H3. The maximum atomic E-state index is 5.67. The highest BCUT2D eigenvalue weighted by Crippen LogP contribution is 2.22. The lowest BCUT2D eigenvalue weighted by Gasteiger charge is -2.17. The molecular formula is C13H18N4. The molecule has 1 heterocycles. The SMILES string of the molecule is Cc1cccc(C(NN)c2cc(C)nn2C)c1. The Morgan fingerprint density at radius 3 is 2.59 bits per heavy atom. The molecule has 4 nitrogen and oxygen atoms in total. The van der Waals surface area contributed by atoms with Gasteiger partial charge in [0.25, 0.3) is 0 Å². The number of hydrogen-bond donors (Lipinski definition) is 2. The molecule has 1 unspecified atom stereocenters. The highest BCUT2D eigenvalue weighted by atomic mass is 15.3. The minimum atomic E-state index is -0.0268. The van der Waals surface area contributed by atoms with E-state index in [1.54, 1.807) is 0 Å². The predicted octanol–water partition coefficient (Wildman–Crippen LogP) is 1.59. The van der Waals surface area contributed by atoms with Gasteiger partial charge in [0.05, 0.1) is 17.4 Å². The van der Waals surface area contributed by atoms with Crippen LogP contribution in [0.1, 0.15) is 28.6 Å². The van der Waals surface area contributed by atoms with Crippen molar-refractivity contribution < 1.29 is 0 Å². The molecule has 1 aromatic carbocycles. The van der Waals surface area contributed by atoms with Gasteiger partial charge in [0.1, 0.15) is 0 Å². The van der Waals surface area contributed by atoms with Crippen LogP contribution >= 0.6 is 0 Å². The highest BCUT2D eigenvalue weighted by Gasteiger charge is 2.16. The van der Waals surface area contributed by atoms with Gasteiger partial charge in [-0.2, -0.15) is 5.10 Å². The van der Waals surface area contributed by atoms with E-state index in [1.807, 2.05) is 30.8 Å². The predicted molar refractivity (Wildman–Crippen MR) is 68.3 cm³/mol. The van der Waals surface area contributed by atoms with Crippen molar-refractivity contribution in [2.24, 2.45) is 12.9 Å². The first-order valence-corrected chi connectivity index (χ1v) is 5.65. The minimum Gasteiger partial charge on any atom is -0.271 e. The van der Waals surface area contributed by atoms with Crippen LogP contribution in [0.25, 0.3) is 0 Å². The quantitative estimate of drug-likeness (QED) is 0.622. The summed E-state index contributed by atoms with van der Waals surface area (Å²) >= 11 is 0. The van der Waals surface area contributed by atoms with E-state index in [1.165, 1.54) is 5.56 Å². The summed E-state index contributed by atoms with van der Waals surface area (Å²) in [5.74, 6) is 5.67. The van der Waals surface area contributed by atoms with Crippen LogP contribution in [0.15, 0.2) is 30.3 Å².